The molecule has 4 aromatic rings. The van der Waals surface area contributed by atoms with Crippen molar-refractivity contribution in [2.24, 2.45) is 7.05 Å². The van der Waals surface area contributed by atoms with Crippen LogP contribution in [0.5, 0.6) is 0 Å². The average molecular weight is 434 g/mol. The highest BCUT2D eigenvalue weighted by Crippen LogP contribution is 2.39. The van der Waals surface area contributed by atoms with Gasteiger partial charge >= 0.3 is 0 Å². The first-order valence-corrected chi connectivity index (χ1v) is 10.7. The van der Waals surface area contributed by atoms with Crippen molar-refractivity contribution in [2.75, 3.05) is 18.4 Å². The number of rotatable bonds is 3. The van der Waals surface area contributed by atoms with Crippen LogP contribution in [0.4, 0.5) is 5.95 Å². The van der Waals surface area contributed by atoms with Crippen LogP contribution in [0.1, 0.15) is 34.3 Å². The van der Waals surface area contributed by atoms with Gasteiger partial charge in [-0.2, -0.15) is 10.1 Å². The smallest absolute Gasteiger partial charge is 0.268 e. The zero-order chi connectivity index (χ0) is 18.4. The van der Waals surface area contributed by atoms with Crippen LogP contribution >= 0.6 is 35.1 Å². The highest BCUT2D eigenvalue weighted by molar-refractivity contribution is 7.33. The quantitative estimate of drug-likeness (QED) is 0.502. The standard InChI is InChI=1S/C19H19N5OS2.ClH/c1-24-19(21-17(23-24)11-6-8-20-9-7-11)22-18(25)15-10-14-16(27-15)12-4-2-3-5-13(12)26-14;/h2-5,10-11,20H,6-9H2,1H3,(H,21,22,23,25);1H. The number of anilines is 1. The van der Waals surface area contributed by atoms with Crippen LogP contribution < -0.4 is 10.6 Å². The average Bonchev–Trinajstić information content (AvgIpc) is 3.35. The van der Waals surface area contributed by atoms with Gasteiger partial charge in [-0.05, 0) is 38.1 Å². The molecule has 1 aromatic carbocycles. The van der Waals surface area contributed by atoms with Gasteiger partial charge in [-0.1, -0.05) is 18.2 Å². The van der Waals surface area contributed by atoms with Crippen molar-refractivity contribution in [3.8, 4) is 0 Å². The van der Waals surface area contributed by atoms with E-state index < -0.39 is 0 Å². The monoisotopic (exact) mass is 433 g/mol. The zero-order valence-electron chi connectivity index (χ0n) is 15.3. The minimum atomic E-state index is -0.125. The molecule has 1 aliphatic heterocycles. The maximum atomic E-state index is 12.8. The number of hydrogen-bond acceptors (Lipinski definition) is 6. The Morgan fingerprint density at radius 2 is 2.00 bits per heavy atom. The van der Waals surface area contributed by atoms with E-state index in [0.717, 1.165) is 36.5 Å². The van der Waals surface area contributed by atoms with Crippen LogP contribution in [0, 0.1) is 0 Å². The van der Waals surface area contributed by atoms with Crippen LogP contribution in [-0.2, 0) is 7.05 Å². The molecule has 1 amide bonds. The number of benzene rings is 1. The van der Waals surface area contributed by atoms with Crippen molar-refractivity contribution < 1.29 is 4.79 Å². The number of hydrogen-bond donors (Lipinski definition) is 2. The second kappa shape index (κ2) is 7.79. The summed E-state index contributed by atoms with van der Waals surface area (Å²) in [6.07, 6.45) is 2.07. The van der Waals surface area contributed by atoms with E-state index in [9.17, 15) is 4.79 Å². The van der Waals surface area contributed by atoms with Crippen molar-refractivity contribution in [1.29, 1.82) is 0 Å². The number of halogens is 1. The number of nitrogens with one attached hydrogen (secondary N) is 2. The van der Waals surface area contributed by atoms with Crippen molar-refractivity contribution in [3.63, 3.8) is 0 Å². The molecule has 6 nitrogen and oxygen atoms in total. The van der Waals surface area contributed by atoms with Crippen LogP contribution in [0.25, 0.3) is 19.5 Å². The summed E-state index contributed by atoms with van der Waals surface area (Å²) in [5.41, 5.74) is 0. The number of carbonyl (C=O) groups is 1. The first-order chi connectivity index (χ1) is 13.2. The number of aromatic nitrogens is 3. The van der Waals surface area contributed by atoms with Crippen molar-refractivity contribution in [1.82, 2.24) is 20.1 Å². The number of piperidine rings is 1. The predicted molar refractivity (Wildman–Crippen MR) is 118 cm³/mol. The number of thiophene rings is 2. The Balaban J connectivity index is 0.00000192. The maximum absolute atomic E-state index is 12.8. The molecular formula is C19H20ClN5OS2. The van der Waals surface area contributed by atoms with E-state index in [4.69, 9.17) is 0 Å². The summed E-state index contributed by atoms with van der Waals surface area (Å²) in [4.78, 5) is 18.1. The lowest BCUT2D eigenvalue weighted by Gasteiger charge is -2.19. The highest BCUT2D eigenvalue weighted by Gasteiger charge is 2.22. The van der Waals surface area contributed by atoms with Crippen LogP contribution in [0.2, 0.25) is 0 Å². The van der Waals surface area contributed by atoms with Gasteiger partial charge in [0.05, 0.1) is 9.58 Å². The summed E-state index contributed by atoms with van der Waals surface area (Å²) in [5, 5.41) is 12.0. The third-order valence-corrected chi connectivity index (χ3v) is 7.40. The second-order valence-electron chi connectivity index (χ2n) is 6.80. The summed E-state index contributed by atoms with van der Waals surface area (Å²) in [5.74, 6) is 1.57. The van der Waals surface area contributed by atoms with Crippen LogP contribution in [0.15, 0.2) is 30.3 Å². The molecule has 0 atom stereocenters. The van der Waals surface area contributed by atoms with E-state index in [0.29, 0.717) is 16.7 Å². The zero-order valence-corrected chi connectivity index (χ0v) is 17.7. The van der Waals surface area contributed by atoms with Gasteiger partial charge in [0.15, 0.2) is 5.82 Å². The summed E-state index contributed by atoms with van der Waals surface area (Å²) >= 11 is 3.26. The highest BCUT2D eigenvalue weighted by atomic mass is 35.5. The van der Waals surface area contributed by atoms with Gasteiger partial charge < -0.3 is 5.32 Å². The Morgan fingerprint density at radius 3 is 2.82 bits per heavy atom. The molecular weight excluding hydrogens is 414 g/mol. The SMILES string of the molecule is Cl.Cn1nc(C2CCNCC2)nc1NC(=O)c1cc2sc3ccccc3c2s1. The van der Waals surface area contributed by atoms with E-state index in [1.165, 1.54) is 26.1 Å². The molecule has 0 radical (unpaired) electrons. The third-order valence-electron chi connectivity index (χ3n) is 4.98. The molecule has 0 aliphatic carbocycles. The molecule has 146 valence electrons. The van der Waals surface area contributed by atoms with Crippen molar-refractivity contribution in [3.05, 3.63) is 41.0 Å². The summed E-state index contributed by atoms with van der Waals surface area (Å²) in [6, 6.07) is 10.3. The molecule has 0 unspecified atom stereocenters. The molecule has 0 saturated carbocycles. The van der Waals surface area contributed by atoms with E-state index in [2.05, 4.69) is 32.8 Å². The number of aryl methyl sites for hydroxylation is 1. The van der Waals surface area contributed by atoms with Gasteiger partial charge in [0.1, 0.15) is 0 Å². The topological polar surface area (TPSA) is 71.8 Å². The Labute approximate surface area is 176 Å². The molecule has 1 fully saturated rings. The van der Waals surface area contributed by atoms with Gasteiger partial charge in [0.25, 0.3) is 5.91 Å². The molecule has 1 aliphatic rings. The Hall–Kier alpha value is -2.00. The van der Waals surface area contributed by atoms with Gasteiger partial charge in [-0.15, -0.1) is 35.1 Å². The number of carbonyl (C=O) groups excluding carboxylic acids is 1. The molecule has 9 heteroatoms. The third kappa shape index (κ3) is 3.41. The first-order valence-electron chi connectivity index (χ1n) is 9.03. The van der Waals surface area contributed by atoms with Gasteiger partial charge in [0, 0.05) is 27.8 Å². The molecule has 0 bridgehead atoms. The molecule has 1 saturated heterocycles. The Kier molecular flexibility index (Phi) is 5.37. The lowest BCUT2D eigenvalue weighted by molar-refractivity contribution is 0.102. The number of amides is 1. The minimum absolute atomic E-state index is 0. The summed E-state index contributed by atoms with van der Waals surface area (Å²) < 4.78 is 5.25. The molecule has 3 aromatic heterocycles. The first kappa shape index (κ1) is 19.3. The Morgan fingerprint density at radius 1 is 1.21 bits per heavy atom. The van der Waals surface area contributed by atoms with Gasteiger partial charge in [0.2, 0.25) is 5.95 Å². The molecule has 5 rings (SSSR count). The molecule has 28 heavy (non-hydrogen) atoms. The van der Waals surface area contributed by atoms with Crippen LogP contribution in [-0.4, -0.2) is 33.8 Å². The summed E-state index contributed by atoms with van der Waals surface area (Å²) in [7, 11) is 1.83. The van der Waals surface area contributed by atoms with E-state index in [-0.39, 0.29) is 18.3 Å². The summed E-state index contributed by atoms with van der Waals surface area (Å²) in [6.45, 7) is 1.98. The minimum Gasteiger partial charge on any atom is -0.317 e. The molecule has 4 heterocycles. The van der Waals surface area contributed by atoms with E-state index in [1.54, 1.807) is 16.0 Å². The van der Waals surface area contributed by atoms with Crippen molar-refractivity contribution >= 4 is 66.4 Å². The maximum Gasteiger partial charge on any atom is 0.268 e. The predicted octanol–water partition coefficient (Wildman–Crippen LogP) is 4.39. The molecule has 2 N–H and O–H groups in total. The second-order valence-corrected chi connectivity index (χ2v) is 8.93. The van der Waals surface area contributed by atoms with E-state index >= 15 is 0 Å². The Bertz CT molecular complexity index is 1140. The fourth-order valence-electron chi connectivity index (χ4n) is 3.54. The fourth-order valence-corrected chi connectivity index (χ4v) is 5.96. The number of nitrogens with zero attached hydrogens (tertiary/aromatic N) is 3. The van der Waals surface area contributed by atoms with Crippen molar-refractivity contribution in [2.45, 2.75) is 18.8 Å². The van der Waals surface area contributed by atoms with Crippen LogP contribution in [0.3, 0.4) is 0 Å². The normalized spacial score (nSPS) is 15.0. The number of fused-ring (bicyclic) bond motifs is 3. The largest absolute Gasteiger partial charge is 0.317 e. The molecule has 0 spiro atoms. The fraction of sp³-hybridized carbons (Fsp3) is 0.316. The lowest BCUT2D eigenvalue weighted by atomic mass is 9.98. The van der Waals surface area contributed by atoms with E-state index in [1.807, 2.05) is 25.2 Å². The van der Waals surface area contributed by atoms with Gasteiger partial charge in [-0.3, -0.25) is 10.1 Å². The lowest BCUT2D eigenvalue weighted by Crippen LogP contribution is -2.27. The van der Waals surface area contributed by atoms with Gasteiger partial charge in [-0.25, -0.2) is 4.68 Å².